The van der Waals surface area contributed by atoms with Crippen LogP contribution < -0.4 is 5.32 Å². The summed E-state index contributed by atoms with van der Waals surface area (Å²) < 4.78 is 39.4. The van der Waals surface area contributed by atoms with Crippen molar-refractivity contribution in [2.45, 2.75) is 6.92 Å². The van der Waals surface area contributed by atoms with Crippen molar-refractivity contribution in [3.8, 4) is 0 Å². The Morgan fingerprint density at radius 2 is 1.79 bits per heavy atom. The van der Waals surface area contributed by atoms with Crippen LogP contribution in [0.15, 0.2) is 36.4 Å². The summed E-state index contributed by atoms with van der Waals surface area (Å²) in [6.45, 7) is 1.45. The van der Waals surface area contributed by atoms with Crippen LogP contribution in [0.2, 0.25) is 0 Å². The molecule has 2 rings (SSSR count). The van der Waals surface area contributed by atoms with Crippen molar-refractivity contribution >= 4 is 11.6 Å². The molecule has 19 heavy (non-hydrogen) atoms. The van der Waals surface area contributed by atoms with E-state index in [1.165, 1.54) is 25.1 Å². The van der Waals surface area contributed by atoms with Gasteiger partial charge in [0, 0.05) is 11.6 Å². The molecule has 0 fully saturated rings. The van der Waals surface area contributed by atoms with Gasteiger partial charge in [-0.15, -0.1) is 0 Å². The van der Waals surface area contributed by atoms with Crippen LogP contribution in [0.1, 0.15) is 15.9 Å². The van der Waals surface area contributed by atoms with Gasteiger partial charge in [0.05, 0.1) is 5.69 Å². The summed E-state index contributed by atoms with van der Waals surface area (Å²) in [6.07, 6.45) is 0. The van der Waals surface area contributed by atoms with Crippen molar-refractivity contribution in [1.82, 2.24) is 0 Å². The molecule has 0 unspecified atom stereocenters. The van der Waals surface area contributed by atoms with Crippen LogP contribution in [0.4, 0.5) is 18.9 Å². The standard InChI is InChI=1S/C14H10F3NO/c1-8-10(3-2-4-11(8)16)14(19)18-13-6-5-9(15)7-12(13)17/h2-7H,1H3,(H,18,19). The van der Waals surface area contributed by atoms with E-state index in [4.69, 9.17) is 0 Å². The molecule has 0 aromatic heterocycles. The predicted molar refractivity (Wildman–Crippen MR) is 65.4 cm³/mol. The van der Waals surface area contributed by atoms with Gasteiger partial charge < -0.3 is 5.32 Å². The zero-order valence-corrected chi connectivity index (χ0v) is 10.0. The van der Waals surface area contributed by atoms with Gasteiger partial charge in [-0.3, -0.25) is 4.79 Å². The van der Waals surface area contributed by atoms with E-state index in [1.807, 2.05) is 0 Å². The Hall–Kier alpha value is -2.30. The maximum absolute atomic E-state index is 13.4. The number of nitrogens with one attached hydrogen (secondary N) is 1. The number of amides is 1. The number of carbonyl (C=O) groups is 1. The van der Waals surface area contributed by atoms with Crippen molar-refractivity contribution in [3.05, 3.63) is 65.0 Å². The summed E-state index contributed by atoms with van der Waals surface area (Å²) in [5.41, 5.74) is 0.112. The zero-order valence-electron chi connectivity index (χ0n) is 10.0. The molecule has 98 valence electrons. The Kier molecular flexibility index (Phi) is 3.55. The first-order chi connectivity index (χ1) is 8.99. The van der Waals surface area contributed by atoms with Crippen LogP contribution in [0.3, 0.4) is 0 Å². The average molecular weight is 265 g/mol. The van der Waals surface area contributed by atoms with Crippen LogP contribution in [0.25, 0.3) is 0 Å². The molecular weight excluding hydrogens is 255 g/mol. The van der Waals surface area contributed by atoms with E-state index in [0.717, 1.165) is 12.1 Å². The van der Waals surface area contributed by atoms with Gasteiger partial charge in [0.2, 0.25) is 0 Å². The molecule has 0 aliphatic heterocycles. The second-order valence-corrected chi connectivity index (χ2v) is 3.99. The second-order valence-electron chi connectivity index (χ2n) is 3.99. The van der Waals surface area contributed by atoms with Crippen LogP contribution in [0.5, 0.6) is 0 Å². The Morgan fingerprint density at radius 3 is 2.47 bits per heavy atom. The number of anilines is 1. The third kappa shape index (κ3) is 2.76. The Balaban J connectivity index is 2.28. The number of halogens is 3. The van der Waals surface area contributed by atoms with Crippen LogP contribution in [0, 0.1) is 24.4 Å². The first-order valence-electron chi connectivity index (χ1n) is 5.50. The van der Waals surface area contributed by atoms with E-state index in [2.05, 4.69) is 5.32 Å². The van der Waals surface area contributed by atoms with Crippen molar-refractivity contribution in [2.75, 3.05) is 5.32 Å². The van der Waals surface area contributed by atoms with E-state index in [-0.39, 0.29) is 16.8 Å². The third-order valence-corrected chi connectivity index (χ3v) is 2.69. The van der Waals surface area contributed by atoms with Crippen molar-refractivity contribution < 1.29 is 18.0 Å². The van der Waals surface area contributed by atoms with Gasteiger partial charge in [0.1, 0.15) is 17.5 Å². The summed E-state index contributed by atoms with van der Waals surface area (Å²) in [6, 6.07) is 6.83. The highest BCUT2D eigenvalue weighted by Crippen LogP contribution is 2.18. The highest BCUT2D eigenvalue weighted by Gasteiger charge is 2.13. The smallest absolute Gasteiger partial charge is 0.256 e. The minimum atomic E-state index is -0.887. The lowest BCUT2D eigenvalue weighted by Crippen LogP contribution is -2.15. The number of hydrogen-bond acceptors (Lipinski definition) is 1. The number of hydrogen-bond donors (Lipinski definition) is 1. The lowest BCUT2D eigenvalue weighted by Gasteiger charge is -2.09. The monoisotopic (exact) mass is 265 g/mol. The molecule has 1 amide bonds. The van der Waals surface area contributed by atoms with Gasteiger partial charge in [-0.2, -0.15) is 0 Å². The first kappa shape index (κ1) is 13.1. The molecular formula is C14H10F3NO. The molecule has 0 saturated carbocycles. The summed E-state index contributed by atoms with van der Waals surface area (Å²) in [4.78, 5) is 11.9. The molecule has 0 bridgehead atoms. The number of carbonyl (C=O) groups excluding carboxylic acids is 1. The second kappa shape index (κ2) is 5.14. The molecule has 0 aliphatic carbocycles. The van der Waals surface area contributed by atoms with Gasteiger partial charge in [-0.05, 0) is 36.8 Å². The van der Waals surface area contributed by atoms with Gasteiger partial charge in [-0.25, -0.2) is 13.2 Å². The minimum absolute atomic E-state index is 0.101. The van der Waals surface area contributed by atoms with Crippen molar-refractivity contribution in [2.24, 2.45) is 0 Å². The highest BCUT2D eigenvalue weighted by atomic mass is 19.1. The van der Waals surface area contributed by atoms with Crippen molar-refractivity contribution in [1.29, 1.82) is 0 Å². The minimum Gasteiger partial charge on any atom is -0.319 e. The molecule has 5 heteroatoms. The molecule has 2 aromatic carbocycles. The Bertz CT molecular complexity index is 641. The van der Waals surface area contributed by atoms with Crippen LogP contribution in [-0.4, -0.2) is 5.91 Å². The molecule has 0 atom stereocenters. The summed E-state index contributed by atoms with van der Waals surface area (Å²) >= 11 is 0. The summed E-state index contributed by atoms with van der Waals surface area (Å²) in [7, 11) is 0. The van der Waals surface area contributed by atoms with Gasteiger partial charge in [0.15, 0.2) is 0 Å². The Morgan fingerprint density at radius 1 is 1.05 bits per heavy atom. The van der Waals surface area contributed by atoms with Gasteiger partial charge in [0.25, 0.3) is 5.91 Å². The maximum atomic E-state index is 13.4. The lowest BCUT2D eigenvalue weighted by atomic mass is 10.1. The largest absolute Gasteiger partial charge is 0.319 e. The fraction of sp³-hybridized carbons (Fsp3) is 0.0714. The van der Waals surface area contributed by atoms with Crippen LogP contribution in [-0.2, 0) is 0 Å². The molecule has 0 radical (unpaired) electrons. The maximum Gasteiger partial charge on any atom is 0.256 e. The summed E-state index contributed by atoms with van der Waals surface area (Å²) in [5, 5.41) is 2.27. The summed E-state index contributed by atoms with van der Waals surface area (Å²) in [5.74, 6) is -2.80. The molecule has 2 nitrogen and oxygen atoms in total. The molecule has 1 N–H and O–H groups in total. The molecule has 0 aliphatic rings. The topological polar surface area (TPSA) is 29.1 Å². The normalized spacial score (nSPS) is 10.3. The van der Waals surface area contributed by atoms with E-state index in [0.29, 0.717) is 6.07 Å². The van der Waals surface area contributed by atoms with Gasteiger partial charge >= 0.3 is 0 Å². The van der Waals surface area contributed by atoms with E-state index in [9.17, 15) is 18.0 Å². The van der Waals surface area contributed by atoms with Gasteiger partial charge in [-0.1, -0.05) is 6.07 Å². The molecule has 0 spiro atoms. The quantitative estimate of drug-likeness (QED) is 0.882. The number of benzene rings is 2. The molecule has 0 saturated heterocycles. The van der Waals surface area contributed by atoms with E-state index < -0.39 is 23.4 Å². The van der Waals surface area contributed by atoms with E-state index >= 15 is 0 Å². The predicted octanol–water partition coefficient (Wildman–Crippen LogP) is 3.66. The SMILES string of the molecule is Cc1c(F)cccc1C(=O)Nc1ccc(F)cc1F. The zero-order chi connectivity index (χ0) is 14.0. The Labute approximate surface area is 107 Å². The molecule has 2 aromatic rings. The highest BCUT2D eigenvalue weighted by molar-refractivity contribution is 6.05. The van der Waals surface area contributed by atoms with Crippen molar-refractivity contribution in [3.63, 3.8) is 0 Å². The third-order valence-electron chi connectivity index (χ3n) is 2.69. The lowest BCUT2D eigenvalue weighted by molar-refractivity contribution is 0.102. The first-order valence-corrected chi connectivity index (χ1v) is 5.50. The molecule has 0 heterocycles. The average Bonchev–Trinajstić information content (AvgIpc) is 2.36. The fourth-order valence-corrected chi connectivity index (χ4v) is 1.63. The number of rotatable bonds is 2. The van der Waals surface area contributed by atoms with E-state index in [1.54, 1.807) is 0 Å². The van der Waals surface area contributed by atoms with Crippen LogP contribution >= 0.6 is 0 Å². The fourth-order valence-electron chi connectivity index (χ4n) is 1.63.